The van der Waals surface area contributed by atoms with E-state index in [0.29, 0.717) is 18.4 Å². The van der Waals surface area contributed by atoms with Gasteiger partial charge in [0.25, 0.3) is 0 Å². The third-order valence-corrected chi connectivity index (χ3v) is 7.81. The van der Waals surface area contributed by atoms with Gasteiger partial charge in [0.15, 0.2) is 6.19 Å². The molecule has 2 aromatic carbocycles. The van der Waals surface area contributed by atoms with Crippen LogP contribution in [0.15, 0.2) is 42.5 Å². The number of halogens is 2. The van der Waals surface area contributed by atoms with E-state index in [1.807, 2.05) is 6.07 Å². The summed E-state index contributed by atoms with van der Waals surface area (Å²) in [6.45, 7) is 3.08. The molecule has 1 aliphatic heterocycles. The molecule has 0 aromatic heterocycles. The van der Waals surface area contributed by atoms with Gasteiger partial charge in [-0.1, -0.05) is 30.3 Å². The molecular formula is C21H23F2N3O2S. The first-order chi connectivity index (χ1) is 13.8. The summed E-state index contributed by atoms with van der Waals surface area (Å²) in [4.78, 5) is 0. The van der Waals surface area contributed by atoms with Crippen molar-refractivity contribution >= 4 is 10.0 Å². The standard InChI is InChI=1S/C21H23F2N3O2S/c1-14-8-9-21(16-6-4-3-5-7-16)29(27,28)26(14)12-17-10-20(23)18(11-19(17)22)15(2)25-13-24/h3-7,10-11,14-15,21,25H,8-9,12H2,1-2H3/t14-,15?,21+/m0/s1. The van der Waals surface area contributed by atoms with Crippen molar-refractivity contribution in [3.8, 4) is 6.19 Å². The van der Waals surface area contributed by atoms with Gasteiger partial charge in [0.1, 0.15) is 16.9 Å². The fraction of sp³-hybridized carbons (Fsp3) is 0.381. The van der Waals surface area contributed by atoms with E-state index in [4.69, 9.17) is 5.26 Å². The van der Waals surface area contributed by atoms with Crippen molar-refractivity contribution in [3.05, 3.63) is 70.8 Å². The third kappa shape index (κ3) is 4.26. The highest BCUT2D eigenvalue weighted by Crippen LogP contribution is 2.38. The van der Waals surface area contributed by atoms with Crippen LogP contribution in [0.2, 0.25) is 0 Å². The summed E-state index contributed by atoms with van der Waals surface area (Å²) in [5.41, 5.74) is 0.687. The van der Waals surface area contributed by atoms with Crippen LogP contribution < -0.4 is 5.32 Å². The minimum absolute atomic E-state index is 0.0181. The molecular weight excluding hydrogens is 396 g/mol. The van der Waals surface area contributed by atoms with E-state index < -0.39 is 32.9 Å². The van der Waals surface area contributed by atoms with E-state index in [9.17, 15) is 17.2 Å². The average Bonchev–Trinajstić information content (AvgIpc) is 2.68. The monoisotopic (exact) mass is 419 g/mol. The second-order valence-electron chi connectivity index (χ2n) is 7.36. The predicted molar refractivity (Wildman–Crippen MR) is 106 cm³/mol. The van der Waals surface area contributed by atoms with Crippen LogP contribution in [0.3, 0.4) is 0 Å². The lowest BCUT2D eigenvalue weighted by Crippen LogP contribution is -2.44. The Kier molecular flexibility index (Phi) is 6.20. The number of hydrogen-bond acceptors (Lipinski definition) is 4. The molecule has 3 rings (SSSR count). The first kappa shape index (κ1) is 21.2. The number of hydrogen-bond donors (Lipinski definition) is 1. The highest BCUT2D eigenvalue weighted by molar-refractivity contribution is 7.89. The van der Waals surface area contributed by atoms with Crippen LogP contribution in [-0.2, 0) is 16.6 Å². The molecule has 0 saturated carbocycles. The number of sulfonamides is 1. The van der Waals surface area contributed by atoms with Gasteiger partial charge in [-0.05, 0) is 44.4 Å². The summed E-state index contributed by atoms with van der Waals surface area (Å²) < 4.78 is 57.0. The summed E-state index contributed by atoms with van der Waals surface area (Å²) in [5.74, 6) is -1.38. The SMILES string of the molecule is CC(NC#N)c1cc(F)c(CN2[C@@H](C)CC[C@H](c3ccccc3)S2(=O)=O)cc1F. The maximum atomic E-state index is 14.7. The molecule has 0 amide bonds. The molecule has 1 unspecified atom stereocenters. The van der Waals surface area contributed by atoms with Crippen LogP contribution in [0, 0.1) is 23.1 Å². The van der Waals surface area contributed by atoms with Gasteiger partial charge in [-0.15, -0.1) is 0 Å². The molecule has 0 bridgehead atoms. The van der Waals surface area contributed by atoms with Gasteiger partial charge in [-0.25, -0.2) is 17.2 Å². The fourth-order valence-electron chi connectivity index (χ4n) is 3.75. The lowest BCUT2D eigenvalue weighted by atomic mass is 10.0. The van der Waals surface area contributed by atoms with Gasteiger partial charge >= 0.3 is 0 Å². The first-order valence-corrected chi connectivity index (χ1v) is 10.9. The number of rotatable bonds is 5. The Morgan fingerprint density at radius 3 is 2.55 bits per heavy atom. The maximum Gasteiger partial charge on any atom is 0.221 e. The van der Waals surface area contributed by atoms with E-state index in [1.54, 1.807) is 44.3 Å². The molecule has 154 valence electrons. The summed E-state index contributed by atoms with van der Waals surface area (Å²) in [6, 6.07) is 9.98. The van der Waals surface area contributed by atoms with Crippen molar-refractivity contribution in [1.29, 1.82) is 5.26 Å². The van der Waals surface area contributed by atoms with Crippen molar-refractivity contribution < 1.29 is 17.2 Å². The molecule has 1 fully saturated rings. The lowest BCUT2D eigenvalue weighted by molar-refractivity contribution is 0.278. The zero-order valence-corrected chi connectivity index (χ0v) is 17.1. The van der Waals surface area contributed by atoms with Crippen molar-refractivity contribution in [2.24, 2.45) is 0 Å². The quantitative estimate of drug-likeness (QED) is 0.584. The van der Waals surface area contributed by atoms with E-state index in [2.05, 4.69) is 5.32 Å². The van der Waals surface area contributed by atoms with Gasteiger partial charge < -0.3 is 5.32 Å². The minimum Gasteiger partial charge on any atom is -0.317 e. The van der Waals surface area contributed by atoms with Crippen LogP contribution in [-0.4, -0.2) is 18.8 Å². The van der Waals surface area contributed by atoms with Crippen LogP contribution in [0.5, 0.6) is 0 Å². The minimum atomic E-state index is -3.74. The van der Waals surface area contributed by atoms with Gasteiger partial charge in [0.05, 0.1) is 6.04 Å². The molecule has 0 spiro atoms. The Morgan fingerprint density at radius 1 is 1.21 bits per heavy atom. The topological polar surface area (TPSA) is 73.2 Å². The molecule has 1 N–H and O–H groups in total. The van der Waals surface area contributed by atoms with Gasteiger partial charge in [-0.3, -0.25) is 0 Å². The number of benzene rings is 2. The molecule has 1 aliphatic rings. The first-order valence-electron chi connectivity index (χ1n) is 9.43. The second-order valence-corrected chi connectivity index (χ2v) is 9.43. The van der Waals surface area contributed by atoms with Gasteiger partial charge in [-0.2, -0.15) is 9.57 Å². The van der Waals surface area contributed by atoms with E-state index in [1.165, 1.54) is 4.31 Å². The largest absolute Gasteiger partial charge is 0.317 e. The molecule has 5 nitrogen and oxygen atoms in total. The molecule has 3 atom stereocenters. The third-order valence-electron chi connectivity index (χ3n) is 5.44. The van der Waals surface area contributed by atoms with E-state index in [0.717, 1.165) is 12.1 Å². The molecule has 0 aliphatic carbocycles. The second kappa shape index (κ2) is 8.47. The average molecular weight is 419 g/mol. The molecule has 0 radical (unpaired) electrons. The summed E-state index contributed by atoms with van der Waals surface area (Å²) >= 11 is 0. The zero-order valence-electron chi connectivity index (χ0n) is 16.3. The van der Waals surface area contributed by atoms with Crippen LogP contribution in [0.4, 0.5) is 8.78 Å². The Morgan fingerprint density at radius 2 is 1.90 bits per heavy atom. The molecule has 29 heavy (non-hydrogen) atoms. The molecule has 2 aromatic rings. The van der Waals surface area contributed by atoms with Gasteiger partial charge in [0.2, 0.25) is 10.0 Å². The number of nitrogens with one attached hydrogen (secondary N) is 1. The normalized spacial score (nSPS) is 22.6. The van der Waals surface area contributed by atoms with Gasteiger partial charge in [0, 0.05) is 23.7 Å². The highest BCUT2D eigenvalue weighted by Gasteiger charge is 2.40. The molecule has 1 saturated heterocycles. The fourth-order valence-corrected chi connectivity index (χ4v) is 5.94. The predicted octanol–water partition coefficient (Wildman–Crippen LogP) is 4.15. The van der Waals surface area contributed by atoms with Crippen molar-refractivity contribution in [2.45, 2.75) is 50.6 Å². The van der Waals surface area contributed by atoms with Crippen LogP contribution in [0.25, 0.3) is 0 Å². The van der Waals surface area contributed by atoms with E-state index >= 15 is 0 Å². The van der Waals surface area contributed by atoms with Crippen molar-refractivity contribution in [1.82, 2.24) is 9.62 Å². The lowest BCUT2D eigenvalue weighted by Gasteiger charge is -2.37. The van der Waals surface area contributed by atoms with Crippen LogP contribution in [0.1, 0.15) is 54.7 Å². The Balaban J connectivity index is 1.92. The molecule has 1 heterocycles. The summed E-state index contributed by atoms with van der Waals surface area (Å²) in [6.07, 6.45) is 2.82. The summed E-state index contributed by atoms with van der Waals surface area (Å²) in [5, 5.41) is 10.3. The number of nitrogens with zero attached hydrogens (tertiary/aromatic N) is 2. The summed E-state index contributed by atoms with van der Waals surface area (Å²) in [7, 11) is -3.74. The Labute approximate surface area is 170 Å². The van der Waals surface area contributed by atoms with E-state index in [-0.39, 0.29) is 23.7 Å². The van der Waals surface area contributed by atoms with Crippen molar-refractivity contribution in [3.63, 3.8) is 0 Å². The number of nitriles is 1. The van der Waals surface area contributed by atoms with Crippen LogP contribution >= 0.6 is 0 Å². The highest BCUT2D eigenvalue weighted by atomic mass is 32.2. The Hall–Kier alpha value is -2.50. The van der Waals surface area contributed by atoms with Crippen molar-refractivity contribution in [2.75, 3.05) is 0 Å². The smallest absolute Gasteiger partial charge is 0.221 e. The maximum absolute atomic E-state index is 14.7. The molecule has 8 heteroatoms. The zero-order chi connectivity index (χ0) is 21.2. The Bertz CT molecular complexity index is 1020.